The molecule has 0 bridgehead atoms. The molecule has 2 rings (SSSR count). The third kappa shape index (κ3) is 1.94. The summed E-state index contributed by atoms with van der Waals surface area (Å²) in [4.78, 5) is 13.1. The van der Waals surface area contributed by atoms with E-state index in [-0.39, 0.29) is 17.6 Å². The fourth-order valence-corrected chi connectivity index (χ4v) is 1.74. The molecule has 0 spiro atoms. The fourth-order valence-electron chi connectivity index (χ4n) is 1.74. The number of fused-ring (bicyclic) bond motifs is 1. The molecule has 92 valence electrons. The van der Waals surface area contributed by atoms with Gasteiger partial charge in [-0.1, -0.05) is 0 Å². The van der Waals surface area contributed by atoms with Crippen LogP contribution < -0.4 is 10.2 Å². The van der Waals surface area contributed by atoms with Crippen molar-refractivity contribution in [2.45, 2.75) is 19.1 Å². The number of benzene rings is 1. The number of carbonyl (C=O) groups excluding carboxylic acids is 1. The van der Waals surface area contributed by atoms with E-state index in [1.165, 1.54) is 6.07 Å². The highest BCUT2D eigenvalue weighted by Crippen LogP contribution is 2.37. The Morgan fingerprint density at radius 1 is 1.35 bits per heavy atom. The third-order valence-corrected chi connectivity index (χ3v) is 2.92. The number of hydrogen-bond donors (Lipinski definition) is 1. The summed E-state index contributed by atoms with van der Waals surface area (Å²) in [6.07, 6.45) is -4.40. The Labute approximate surface area is 96.2 Å². The highest BCUT2D eigenvalue weighted by molar-refractivity contribution is 6.03. The van der Waals surface area contributed by atoms with Crippen LogP contribution in [0.25, 0.3) is 0 Å². The van der Waals surface area contributed by atoms with E-state index in [2.05, 4.69) is 5.32 Å². The quantitative estimate of drug-likeness (QED) is 0.760. The van der Waals surface area contributed by atoms with Crippen LogP contribution in [-0.4, -0.2) is 19.0 Å². The van der Waals surface area contributed by atoms with Gasteiger partial charge in [-0.3, -0.25) is 4.79 Å². The summed E-state index contributed by atoms with van der Waals surface area (Å²) in [5.74, 6) is -0.306. The molecule has 0 radical (unpaired) electrons. The van der Waals surface area contributed by atoms with Gasteiger partial charge in [-0.25, -0.2) is 0 Å². The first-order valence-corrected chi connectivity index (χ1v) is 5.05. The number of alkyl halides is 3. The topological polar surface area (TPSA) is 32.3 Å². The van der Waals surface area contributed by atoms with E-state index in [1.54, 1.807) is 18.9 Å². The van der Waals surface area contributed by atoms with Crippen LogP contribution in [0.15, 0.2) is 18.2 Å². The number of nitrogens with one attached hydrogen (secondary N) is 1. The molecular formula is C11H11F3N2O. The fraction of sp³-hybridized carbons (Fsp3) is 0.364. The lowest BCUT2D eigenvalue weighted by Gasteiger charge is -2.33. The standard InChI is InChI=1S/C11H11F3N2O/c1-6-10(17)15-8-5-7(11(12,13)14)3-4-9(8)16(6)2/h3-6H,1-2H3,(H,15,17). The Balaban J connectivity index is 2.48. The van der Waals surface area contributed by atoms with Crippen LogP contribution in [0.1, 0.15) is 12.5 Å². The SMILES string of the molecule is CC1C(=O)Nc2cc(C(F)(F)F)ccc2N1C. The van der Waals surface area contributed by atoms with Crippen molar-refractivity contribution in [3.63, 3.8) is 0 Å². The number of halogens is 3. The number of likely N-dealkylation sites (N-methyl/N-ethyl adjacent to an activating group) is 1. The smallest absolute Gasteiger partial charge is 0.361 e. The van der Waals surface area contributed by atoms with Crippen molar-refractivity contribution in [1.82, 2.24) is 0 Å². The highest BCUT2D eigenvalue weighted by atomic mass is 19.4. The second kappa shape index (κ2) is 3.65. The molecule has 0 fully saturated rings. The van der Waals surface area contributed by atoms with Crippen LogP contribution in [0.2, 0.25) is 0 Å². The van der Waals surface area contributed by atoms with E-state index in [1.807, 2.05) is 0 Å². The summed E-state index contributed by atoms with van der Waals surface area (Å²) in [6.45, 7) is 1.69. The first-order chi connectivity index (χ1) is 7.80. The zero-order chi connectivity index (χ0) is 12.8. The molecule has 0 saturated carbocycles. The Morgan fingerprint density at radius 2 is 2.00 bits per heavy atom. The van der Waals surface area contributed by atoms with Crippen molar-refractivity contribution in [1.29, 1.82) is 0 Å². The van der Waals surface area contributed by atoms with Gasteiger partial charge < -0.3 is 10.2 Å². The molecule has 1 N–H and O–H groups in total. The zero-order valence-corrected chi connectivity index (χ0v) is 9.30. The Bertz CT molecular complexity index is 470. The molecule has 6 heteroatoms. The third-order valence-electron chi connectivity index (χ3n) is 2.92. The molecule has 0 aliphatic carbocycles. The molecule has 1 aliphatic rings. The summed E-state index contributed by atoms with van der Waals surface area (Å²) >= 11 is 0. The molecule has 0 saturated heterocycles. The first-order valence-electron chi connectivity index (χ1n) is 5.05. The summed E-state index contributed by atoms with van der Waals surface area (Å²) < 4.78 is 37.5. The van der Waals surface area contributed by atoms with Gasteiger partial charge in [0.2, 0.25) is 5.91 Å². The second-order valence-electron chi connectivity index (χ2n) is 4.01. The lowest BCUT2D eigenvalue weighted by Crippen LogP contribution is -2.43. The predicted molar refractivity (Wildman–Crippen MR) is 57.9 cm³/mol. The van der Waals surface area contributed by atoms with Gasteiger partial charge in [0.1, 0.15) is 6.04 Å². The molecule has 1 heterocycles. The first kappa shape index (κ1) is 11.8. The molecule has 1 aromatic rings. The maximum absolute atomic E-state index is 12.5. The summed E-state index contributed by atoms with van der Waals surface area (Å²) in [7, 11) is 1.68. The summed E-state index contributed by atoms with van der Waals surface area (Å²) in [5.41, 5.74) is 0.0232. The van der Waals surface area contributed by atoms with Gasteiger partial charge in [0.25, 0.3) is 0 Å². The summed E-state index contributed by atoms with van der Waals surface area (Å²) in [5, 5.41) is 2.47. The molecule has 3 nitrogen and oxygen atoms in total. The Hall–Kier alpha value is -1.72. The largest absolute Gasteiger partial charge is 0.416 e. The number of rotatable bonds is 0. The number of amides is 1. The van der Waals surface area contributed by atoms with Crippen molar-refractivity contribution in [2.75, 3.05) is 17.3 Å². The average Bonchev–Trinajstić information content (AvgIpc) is 2.24. The van der Waals surface area contributed by atoms with Gasteiger partial charge in [0.05, 0.1) is 16.9 Å². The van der Waals surface area contributed by atoms with Crippen LogP contribution in [-0.2, 0) is 11.0 Å². The van der Waals surface area contributed by atoms with E-state index in [0.29, 0.717) is 5.69 Å². The van der Waals surface area contributed by atoms with E-state index in [0.717, 1.165) is 12.1 Å². The minimum absolute atomic E-state index is 0.199. The van der Waals surface area contributed by atoms with Gasteiger partial charge in [-0.2, -0.15) is 13.2 Å². The molecular weight excluding hydrogens is 233 g/mol. The molecule has 1 atom stereocenters. The van der Waals surface area contributed by atoms with Crippen molar-refractivity contribution in [3.8, 4) is 0 Å². The van der Waals surface area contributed by atoms with E-state index in [9.17, 15) is 18.0 Å². The van der Waals surface area contributed by atoms with Gasteiger partial charge in [0.15, 0.2) is 0 Å². The minimum atomic E-state index is -4.40. The lowest BCUT2D eigenvalue weighted by molar-refractivity contribution is -0.137. The van der Waals surface area contributed by atoms with Gasteiger partial charge in [-0.15, -0.1) is 0 Å². The molecule has 1 aromatic carbocycles. The minimum Gasteiger partial charge on any atom is -0.361 e. The maximum Gasteiger partial charge on any atom is 0.416 e. The van der Waals surface area contributed by atoms with Gasteiger partial charge >= 0.3 is 6.18 Å². The number of hydrogen-bond acceptors (Lipinski definition) is 2. The lowest BCUT2D eigenvalue weighted by atomic mass is 10.1. The average molecular weight is 244 g/mol. The van der Waals surface area contributed by atoms with Crippen LogP contribution in [0.5, 0.6) is 0 Å². The van der Waals surface area contributed by atoms with Crippen LogP contribution >= 0.6 is 0 Å². The Kier molecular flexibility index (Phi) is 2.52. The van der Waals surface area contributed by atoms with Crippen molar-refractivity contribution < 1.29 is 18.0 Å². The molecule has 1 amide bonds. The second-order valence-corrected chi connectivity index (χ2v) is 4.01. The van der Waals surface area contributed by atoms with Crippen molar-refractivity contribution in [3.05, 3.63) is 23.8 Å². The van der Waals surface area contributed by atoms with Crippen LogP contribution in [0.3, 0.4) is 0 Å². The normalized spacial score (nSPS) is 19.9. The summed E-state index contributed by atoms with van der Waals surface area (Å²) in [6, 6.07) is 2.95. The molecule has 17 heavy (non-hydrogen) atoms. The number of anilines is 2. The van der Waals surface area contributed by atoms with Gasteiger partial charge in [0, 0.05) is 7.05 Å². The number of carbonyl (C=O) groups is 1. The zero-order valence-electron chi connectivity index (χ0n) is 9.30. The van der Waals surface area contributed by atoms with Crippen molar-refractivity contribution >= 4 is 17.3 Å². The highest BCUT2D eigenvalue weighted by Gasteiger charge is 2.33. The number of nitrogens with zero attached hydrogens (tertiary/aromatic N) is 1. The molecule has 0 aromatic heterocycles. The predicted octanol–water partition coefficient (Wildman–Crippen LogP) is 2.48. The Morgan fingerprint density at radius 3 is 2.59 bits per heavy atom. The maximum atomic E-state index is 12.5. The molecule has 1 unspecified atom stereocenters. The van der Waals surface area contributed by atoms with Crippen LogP contribution in [0.4, 0.5) is 24.5 Å². The van der Waals surface area contributed by atoms with E-state index in [4.69, 9.17) is 0 Å². The van der Waals surface area contributed by atoms with Crippen molar-refractivity contribution in [2.24, 2.45) is 0 Å². The molecule has 1 aliphatic heterocycles. The van der Waals surface area contributed by atoms with Crippen LogP contribution in [0, 0.1) is 0 Å². The monoisotopic (exact) mass is 244 g/mol. The van der Waals surface area contributed by atoms with Gasteiger partial charge in [-0.05, 0) is 25.1 Å². The van der Waals surface area contributed by atoms with E-state index >= 15 is 0 Å². The van der Waals surface area contributed by atoms with E-state index < -0.39 is 11.7 Å².